The van der Waals surface area contributed by atoms with Crippen molar-refractivity contribution in [1.29, 1.82) is 0 Å². The number of hydrogen-bond donors (Lipinski definition) is 1. The molecule has 0 saturated carbocycles. The maximum atomic E-state index is 13.1. The lowest BCUT2D eigenvalue weighted by Gasteiger charge is -2.38. The largest absolute Gasteiger partial charge is 0.368 e. The fourth-order valence-electron chi connectivity index (χ4n) is 4.14. The van der Waals surface area contributed by atoms with E-state index in [0.29, 0.717) is 0 Å². The van der Waals surface area contributed by atoms with E-state index in [9.17, 15) is 4.39 Å². The molecule has 0 amide bonds. The summed E-state index contributed by atoms with van der Waals surface area (Å²) < 4.78 is 13.1. The van der Waals surface area contributed by atoms with Crippen molar-refractivity contribution >= 4 is 11.6 Å². The molecule has 0 aromatic heterocycles. The van der Waals surface area contributed by atoms with E-state index in [0.717, 1.165) is 50.3 Å². The van der Waals surface area contributed by atoms with Crippen LogP contribution < -0.4 is 10.2 Å². The summed E-state index contributed by atoms with van der Waals surface area (Å²) in [5.41, 5.74) is 1.09. The molecule has 2 saturated heterocycles. The number of nitrogens with one attached hydrogen (secondary N) is 1. The Bertz CT molecular complexity index is 587. The number of rotatable bonds is 5. The molecular weight excluding hydrogens is 341 g/mol. The van der Waals surface area contributed by atoms with Gasteiger partial charge in [0.2, 0.25) is 0 Å². The maximum Gasteiger partial charge on any atom is 0.193 e. The Morgan fingerprint density at radius 2 is 1.74 bits per heavy atom. The van der Waals surface area contributed by atoms with E-state index in [2.05, 4.69) is 31.9 Å². The Morgan fingerprint density at radius 3 is 2.33 bits per heavy atom. The van der Waals surface area contributed by atoms with Crippen LogP contribution in [0.5, 0.6) is 0 Å². The van der Waals surface area contributed by atoms with Crippen LogP contribution in [0, 0.1) is 11.7 Å². The highest BCUT2D eigenvalue weighted by molar-refractivity contribution is 5.80. The van der Waals surface area contributed by atoms with Gasteiger partial charge < -0.3 is 20.0 Å². The summed E-state index contributed by atoms with van der Waals surface area (Å²) in [5.74, 6) is 1.68. The first-order chi connectivity index (χ1) is 13.2. The SMILES string of the molecule is CCN1CCC(CCNC(=NC)N2CCN(c3ccc(F)cc3)CC2)CC1. The fourth-order valence-corrected chi connectivity index (χ4v) is 4.14. The highest BCUT2D eigenvalue weighted by atomic mass is 19.1. The molecule has 0 aliphatic carbocycles. The maximum absolute atomic E-state index is 13.1. The van der Waals surface area contributed by atoms with E-state index < -0.39 is 0 Å². The van der Waals surface area contributed by atoms with E-state index in [1.807, 2.05) is 19.2 Å². The zero-order valence-corrected chi connectivity index (χ0v) is 16.8. The van der Waals surface area contributed by atoms with Gasteiger partial charge in [0.05, 0.1) is 0 Å². The number of piperazine rings is 1. The first kappa shape index (κ1) is 19.9. The number of nitrogens with zero attached hydrogens (tertiary/aromatic N) is 4. The van der Waals surface area contributed by atoms with Gasteiger partial charge in [-0.15, -0.1) is 0 Å². The highest BCUT2D eigenvalue weighted by Gasteiger charge is 2.21. The molecule has 150 valence electrons. The molecule has 2 aliphatic heterocycles. The van der Waals surface area contributed by atoms with Gasteiger partial charge in [-0.3, -0.25) is 4.99 Å². The van der Waals surface area contributed by atoms with Crippen LogP contribution in [0.2, 0.25) is 0 Å². The van der Waals surface area contributed by atoms with Crippen molar-refractivity contribution < 1.29 is 4.39 Å². The minimum atomic E-state index is -0.178. The standard InChI is InChI=1S/C21H34FN5/c1-3-25-12-9-18(10-13-25)8-11-24-21(23-2)27-16-14-26(15-17-27)20-6-4-19(22)5-7-20/h4-7,18H,3,8-17H2,1-2H3,(H,23,24). The third-order valence-electron chi connectivity index (χ3n) is 5.97. The number of anilines is 1. The van der Waals surface area contributed by atoms with E-state index in [-0.39, 0.29) is 5.82 Å². The van der Waals surface area contributed by atoms with Gasteiger partial charge in [0.25, 0.3) is 0 Å². The summed E-state index contributed by atoms with van der Waals surface area (Å²) in [5, 5.41) is 3.57. The minimum absolute atomic E-state index is 0.178. The molecule has 27 heavy (non-hydrogen) atoms. The third kappa shape index (κ3) is 5.58. The van der Waals surface area contributed by atoms with E-state index in [1.165, 1.54) is 51.0 Å². The Balaban J connectivity index is 1.39. The molecule has 2 fully saturated rings. The molecule has 0 bridgehead atoms. The van der Waals surface area contributed by atoms with Gasteiger partial charge in [0, 0.05) is 45.5 Å². The number of piperidine rings is 1. The van der Waals surface area contributed by atoms with Crippen molar-refractivity contribution in [2.24, 2.45) is 10.9 Å². The van der Waals surface area contributed by atoms with Crippen molar-refractivity contribution in [2.75, 3.05) is 64.3 Å². The van der Waals surface area contributed by atoms with Gasteiger partial charge in [0.15, 0.2) is 5.96 Å². The number of benzene rings is 1. The minimum Gasteiger partial charge on any atom is -0.368 e. The van der Waals surface area contributed by atoms with Crippen LogP contribution in [0.15, 0.2) is 29.3 Å². The smallest absolute Gasteiger partial charge is 0.193 e. The predicted octanol–water partition coefficient (Wildman–Crippen LogP) is 2.65. The lowest BCUT2D eigenvalue weighted by atomic mass is 9.93. The number of halogens is 1. The van der Waals surface area contributed by atoms with Crippen molar-refractivity contribution in [1.82, 2.24) is 15.1 Å². The number of guanidine groups is 1. The summed E-state index contributed by atoms with van der Waals surface area (Å²) in [4.78, 5) is 11.7. The van der Waals surface area contributed by atoms with Crippen LogP contribution in [-0.4, -0.2) is 75.2 Å². The summed E-state index contributed by atoms with van der Waals surface area (Å²) in [6.07, 6.45) is 3.88. The van der Waals surface area contributed by atoms with E-state index in [1.54, 1.807) is 0 Å². The highest BCUT2D eigenvalue weighted by Crippen LogP contribution is 2.20. The molecule has 2 heterocycles. The topological polar surface area (TPSA) is 34.1 Å². The molecule has 1 aromatic carbocycles. The van der Waals surface area contributed by atoms with Crippen molar-refractivity contribution in [3.05, 3.63) is 30.1 Å². The van der Waals surface area contributed by atoms with Gasteiger partial charge >= 0.3 is 0 Å². The number of likely N-dealkylation sites (tertiary alicyclic amines) is 1. The number of aliphatic imine (C=N–C) groups is 1. The van der Waals surface area contributed by atoms with Crippen LogP contribution in [0.3, 0.4) is 0 Å². The average molecular weight is 376 g/mol. The summed E-state index contributed by atoms with van der Waals surface area (Å²) in [6.45, 7) is 10.7. The first-order valence-corrected chi connectivity index (χ1v) is 10.4. The summed E-state index contributed by atoms with van der Waals surface area (Å²) >= 11 is 0. The van der Waals surface area contributed by atoms with Gasteiger partial charge in [-0.1, -0.05) is 6.92 Å². The second-order valence-corrected chi connectivity index (χ2v) is 7.59. The van der Waals surface area contributed by atoms with Gasteiger partial charge in [-0.2, -0.15) is 0 Å². The Kier molecular flexibility index (Phi) is 7.33. The van der Waals surface area contributed by atoms with Crippen molar-refractivity contribution in [2.45, 2.75) is 26.2 Å². The predicted molar refractivity (Wildman–Crippen MR) is 111 cm³/mol. The second kappa shape index (κ2) is 9.93. The second-order valence-electron chi connectivity index (χ2n) is 7.59. The quantitative estimate of drug-likeness (QED) is 0.634. The molecule has 3 rings (SSSR count). The van der Waals surface area contributed by atoms with Gasteiger partial charge in [-0.05, 0) is 69.1 Å². The first-order valence-electron chi connectivity index (χ1n) is 10.4. The lowest BCUT2D eigenvalue weighted by molar-refractivity contribution is 0.187. The molecule has 1 N–H and O–H groups in total. The molecular formula is C21H34FN5. The average Bonchev–Trinajstić information content (AvgIpc) is 2.72. The van der Waals surface area contributed by atoms with Crippen LogP contribution in [0.4, 0.5) is 10.1 Å². The van der Waals surface area contributed by atoms with Crippen LogP contribution in [-0.2, 0) is 0 Å². The Morgan fingerprint density at radius 1 is 1.07 bits per heavy atom. The summed E-state index contributed by atoms with van der Waals surface area (Å²) in [7, 11) is 1.87. The van der Waals surface area contributed by atoms with Gasteiger partial charge in [-0.25, -0.2) is 4.39 Å². The van der Waals surface area contributed by atoms with Gasteiger partial charge in [0.1, 0.15) is 5.82 Å². The van der Waals surface area contributed by atoms with Crippen LogP contribution in [0.1, 0.15) is 26.2 Å². The molecule has 0 radical (unpaired) electrons. The Labute approximate surface area is 163 Å². The van der Waals surface area contributed by atoms with E-state index in [4.69, 9.17) is 0 Å². The Hall–Kier alpha value is -1.82. The zero-order chi connectivity index (χ0) is 19.1. The molecule has 0 unspecified atom stereocenters. The van der Waals surface area contributed by atoms with Crippen LogP contribution in [0.25, 0.3) is 0 Å². The molecule has 0 spiro atoms. The number of hydrogen-bond acceptors (Lipinski definition) is 3. The van der Waals surface area contributed by atoms with Crippen LogP contribution >= 0.6 is 0 Å². The molecule has 1 aromatic rings. The van der Waals surface area contributed by atoms with Crippen molar-refractivity contribution in [3.8, 4) is 0 Å². The van der Waals surface area contributed by atoms with Crippen molar-refractivity contribution in [3.63, 3.8) is 0 Å². The van der Waals surface area contributed by atoms with E-state index >= 15 is 0 Å². The lowest BCUT2D eigenvalue weighted by Crippen LogP contribution is -2.52. The molecule has 0 atom stereocenters. The third-order valence-corrected chi connectivity index (χ3v) is 5.97. The zero-order valence-electron chi connectivity index (χ0n) is 16.8. The summed E-state index contributed by atoms with van der Waals surface area (Å²) in [6, 6.07) is 6.80. The normalized spacial score (nSPS) is 20.2. The fraction of sp³-hybridized carbons (Fsp3) is 0.667. The molecule has 5 nitrogen and oxygen atoms in total. The monoisotopic (exact) mass is 375 g/mol. The molecule has 2 aliphatic rings. The molecule has 6 heteroatoms.